The normalized spacial score (nSPS) is 16.2. The molecule has 0 unspecified atom stereocenters. The molecule has 2 aromatic rings. The van der Waals surface area contributed by atoms with Crippen molar-refractivity contribution in [2.75, 3.05) is 23.4 Å². The van der Waals surface area contributed by atoms with Gasteiger partial charge in [-0.15, -0.1) is 0 Å². The molecule has 6 nitrogen and oxygen atoms in total. The van der Waals surface area contributed by atoms with E-state index in [0.717, 1.165) is 17.7 Å². The molecule has 28 heavy (non-hydrogen) atoms. The van der Waals surface area contributed by atoms with E-state index >= 15 is 0 Å². The van der Waals surface area contributed by atoms with Gasteiger partial charge in [0.25, 0.3) is 5.91 Å². The number of nitrogens with zero attached hydrogens (tertiary/aromatic N) is 1. The van der Waals surface area contributed by atoms with E-state index in [1.807, 2.05) is 19.1 Å². The van der Waals surface area contributed by atoms with Gasteiger partial charge in [-0.25, -0.2) is 8.78 Å². The van der Waals surface area contributed by atoms with Crippen LogP contribution < -0.4 is 10.2 Å². The highest BCUT2D eigenvalue weighted by atomic mass is 19.1. The zero-order chi connectivity index (χ0) is 20.3. The molecule has 0 bridgehead atoms. The first-order valence-electron chi connectivity index (χ1n) is 8.62. The molecule has 1 saturated heterocycles. The lowest BCUT2D eigenvalue weighted by molar-refractivity contribution is -0.151. The van der Waals surface area contributed by atoms with Crippen LogP contribution in [0.1, 0.15) is 12.0 Å². The summed E-state index contributed by atoms with van der Waals surface area (Å²) in [5.41, 5.74) is 1.52. The van der Waals surface area contributed by atoms with Gasteiger partial charge < -0.3 is 15.0 Å². The third-order valence-corrected chi connectivity index (χ3v) is 4.35. The van der Waals surface area contributed by atoms with Crippen molar-refractivity contribution >= 4 is 29.2 Å². The minimum absolute atomic E-state index is 0.0130. The Morgan fingerprint density at radius 3 is 2.57 bits per heavy atom. The van der Waals surface area contributed by atoms with Gasteiger partial charge in [0.2, 0.25) is 5.91 Å². The summed E-state index contributed by atoms with van der Waals surface area (Å²) in [4.78, 5) is 37.7. The van der Waals surface area contributed by atoms with Crippen molar-refractivity contribution in [3.63, 3.8) is 0 Å². The summed E-state index contributed by atoms with van der Waals surface area (Å²) in [5, 5.41) is 2.20. The molecule has 1 heterocycles. The Balaban J connectivity index is 1.53. The molecule has 1 aliphatic rings. The molecular formula is C20H18F2N2O4. The molecule has 8 heteroatoms. The van der Waals surface area contributed by atoms with Crippen LogP contribution in [0.5, 0.6) is 0 Å². The average molecular weight is 388 g/mol. The third kappa shape index (κ3) is 4.51. The van der Waals surface area contributed by atoms with Crippen molar-refractivity contribution in [1.29, 1.82) is 0 Å². The lowest BCUT2D eigenvalue weighted by Crippen LogP contribution is -2.28. The van der Waals surface area contributed by atoms with Crippen LogP contribution in [-0.4, -0.2) is 30.9 Å². The second kappa shape index (κ2) is 8.16. The van der Waals surface area contributed by atoms with E-state index < -0.39 is 36.0 Å². The summed E-state index contributed by atoms with van der Waals surface area (Å²) >= 11 is 0. The zero-order valence-electron chi connectivity index (χ0n) is 15.1. The monoisotopic (exact) mass is 388 g/mol. The highest BCUT2D eigenvalue weighted by Gasteiger charge is 2.36. The largest absolute Gasteiger partial charge is 0.455 e. The van der Waals surface area contributed by atoms with Crippen LogP contribution in [0, 0.1) is 24.5 Å². The number of carbonyl (C=O) groups excluding carboxylic acids is 3. The van der Waals surface area contributed by atoms with Gasteiger partial charge in [0.05, 0.1) is 11.6 Å². The summed E-state index contributed by atoms with van der Waals surface area (Å²) < 4.78 is 31.3. The Morgan fingerprint density at radius 1 is 1.18 bits per heavy atom. The second-order valence-corrected chi connectivity index (χ2v) is 6.52. The topological polar surface area (TPSA) is 75.7 Å². The molecule has 0 spiro atoms. The van der Waals surface area contributed by atoms with E-state index in [-0.39, 0.29) is 24.6 Å². The fraction of sp³-hybridized carbons (Fsp3) is 0.250. The number of rotatable bonds is 5. The van der Waals surface area contributed by atoms with Gasteiger partial charge >= 0.3 is 5.97 Å². The fourth-order valence-electron chi connectivity index (χ4n) is 2.87. The fourth-order valence-corrected chi connectivity index (χ4v) is 2.87. The molecule has 0 aliphatic carbocycles. The van der Waals surface area contributed by atoms with Crippen LogP contribution in [-0.2, 0) is 19.1 Å². The summed E-state index contributed by atoms with van der Waals surface area (Å²) in [7, 11) is 0. The maximum Gasteiger partial charge on any atom is 0.311 e. The first kappa shape index (κ1) is 19.5. The Morgan fingerprint density at radius 2 is 1.89 bits per heavy atom. The van der Waals surface area contributed by atoms with Crippen LogP contribution in [0.25, 0.3) is 0 Å². The Labute approximate surface area is 160 Å². The van der Waals surface area contributed by atoms with E-state index in [4.69, 9.17) is 4.74 Å². The lowest BCUT2D eigenvalue weighted by Gasteiger charge is -2.16. The Kier molecular flexibility index (Phi) is 5.67. The number of halogens is 2. The van der Waals surface area contributed by atoms with Gasteiger partial charge in [-0.3, -0.25) is 14.4 Å². The maximum absolute atomic E-state index is 13.5. The molecule has 1 atom stereocenters. The number of nitrogens with one attached hydrogen (secondary N) is 1. The number of hydrogen-bond donors (Lipinski definition) is 1. The van der Waals surface area contributed by atoms with Gasteiger partial charge in [-0.1, -0.05) is 17.7 Å². The van der Waals surface area contributed by atoms with E-state index in [1.54, 1.807) is 12.1 Å². The number of esters is 1. The van der Waals surface area contributed by atoms with Gasteiger partial charge in [0, 0.05) is 24.7 Å². The number of benzene rings is 2. The molecule has 146 valence electrons. The summed E-state index contributed by atoms with van der Waals surface area (Å²) in [6.45, 7) is 1.46. The van der Waals surface area contributed by atoms with Crippen LogP contribution >= 0.6 is 0 Å². The van der Waals surface area contributed by atoms with Crippen molar-refractivity contribution in [2.24, 2.45) is 5.92 Å². The number of carbonyl (C=O) groups is 3. The van der Waals surface area contributed by atoms with Crippen LogP contribution in [0.4, 0.5) is 20.2 Å². The molecule has 2 aromatic carbocycles. The summed E-state index contributed by atoms with van der Waals surface area (Å²) in [6.07, 6.45) is -0.0130. The van der Waals surface area contributed by atoms with E-state index in [9.17, 15) is 23.2 Å². The van der Waals surface area contributed by atoms with E-state index in [2.05, 4.69) is 5.32 Å². The van der Waals surface area contributed by atoms with Gasteiger partial charge in [-0.2, -0.15) is 0 Å². The smallest absolute Gasteiger partial charge is 0.311 e. The summed E-state index contributed by atoms with van der Waals surface area (Å²) in [5.74, 6) is -4.05. The standard InChI is InChI=1S/C20H18F2N2O4/c1-12-2-5-15(6-3-12)24-10-13(8-19(24)26)20(27)28-11-18(25)23-17-7-4-14(21)9-16(17)22/h2-7,9,13H,8,10-11H2,1H3,(H,23,25)/t13-/m0/s1. The first-order valence-corrected chi connectivity index (χ1v) is 8.62. The highest BCUT2D eigenvalue weighted by molar-refractivity contribution is 6.00. The average Bonchev–Trinajstić information content (AvgIpc) is 3.04. The van der Waals surface area contributed by atoms with E-state index in [1.165, 1.54) is 4.90 Å². The molecule has 2 amide bonds. The van der Waals surface area contributed by atoms with Crippen LogP contribution in [0.3, 0.4) is 0 Å². The predicted molar refractivity (Wildman–Crippen MR) is 97.6 cm³/mol. The molecule has 0 aromatic heterocycles. The minimum atomic E-state index is -0.935. The molecule has 1 fully saturated rings. The van der Waals surface area contributed by atoms with Crippen molar-refractivity contribution < 1.29 is 27.9 Å². The Bertz CT molecular complexity index is 915. The molecule has 0 radical (unpaired) electrons. The van der Waals surface area contributed by atoms with Crippen molar-refractivity contribution in [2.45, 2.75) is 13.3 Å². The first-order chi connectivity index (χ1) is 13.3. The van der Waals surface area contributed by atoms with Gasteiger partial charge in [-0.05, 0) is 31.2 Å². The summed E-state index contributed by atoms with van der Waals surface area (Å²) in [6, 6.07) is 10.0. The number of anilines is 2. The van der Waals surface area contributed by atoms with Gasteiger partial charge in [0.15, 0.2) is 6.61 Å². The lowest BCUT2D eigenvalue weighted by atomic mass is 10.1. The number of aryl methyl sites for hydroxylation is 1. The van der Waals surface area contributed by atoms with Crippen LogP contribution in [0.2, 0.25) is 0 Å². The molecular weight excluding hydrogens is 370 g/mol. The van der Waals surface area contributed by atoms with Crippen molar-refractivity contribution in [1.82, 2.24) is 0 Å². The molecule has 1 aliphatic heterocycles. The minimum Gasteiger partial charge on any atom is -0.455 e. The number of hydrogen-bond acceptors (Lipinski definition) is 4. The van der Waals surface area contributed by atoms with Gasteiger partial charge in [0.1, 0.15) is 11.6 Å². The number of ether oxygens (including phenoxy) is 1. The SMILES string of the molecule is Cc1ccc(N2C[C@@H](C(=O)OCC(=O)Nc3ccc(F)cc3F)CC2=O)cc1. The van der Waals surface area contributed by atoms with Crippen molar-refractivity contribution in [3.8, 4) is 0 Å². The van der Waals surface area contributed by atoms with Crippen molar-refractivity contribution in [3.05, 3.63) is 59.7 Å². The number of amides is 2. The molecule has 3 rings (SSSR count). The Hall–Kier alpha value is -3.29. The highest BCUT2D eigenvalue weighted by Crippen LogP contribution is 2.26. The van der Waals surface area contributed by atoms with Crippen LogP contribution in [0.15, 0.2) is 42.5 Å². The van der Waals surface area contributed by atoms with E-state index in [0.29, 0.717) is 11.8 Å². The maximum atomic E-state index is 13.5. The zero-order valence-corrected chi connectivity index (χ0v) is 15.1. The quantitative estimate of drug-likeness (QED) is 0.800. The predicted octanol–water partition coefficient (Wildman–Crippen LogP) is 2.81. The molecule has 1 N–H and O–H groups in total. The third-order valence-electron chi connectivity index (χ3n) is 4.35. The second-order valence-electron chi connectivity index (χ2n) is 6.52. The molecule has 0 saturated carbocycles.